The molecule has 0 N–H and O–H groups in total. The van der Waals surface area contributed by atoms with E-state index >= 15 is 0 Å². The highest BCUT2D eigenvalue weighted by Crippen LogP contribution is 2.14. The van der Waals surface area contributed by atoms with E-state index in [-0.39, 0.29) is 11.5 Å². The van der Waals surface area contributed by atoms with Gasteiger partial charge in [0, 0.05) is 12.8 Å². The van der Waals surface area contributed by atoms with Crippen LogP contribution in [0.1, 0.15) is 64.9 Å². The Morgan fingerprint density at radius 3 is 2.16 bits per heavy atom. The molecule has 0 aliphatic heterocycles. The van der Waals surface area contributed by atoms with Crippen molar-refractivity contribution in [2.24, 2.45) is 0 Å². The van der Waals surface area contributed by atoms with Gasteiger partial charge >= 0.3 is 5.97 Å². The molecule has 0 aliphatic rings. The Kier molecular flexibility index (Phi) is 5.60. The Balaban J connectivity index is 1.89. The summed E-state index contributed by atoms with van der Waals surface area (Å²) in [5, 5.41) is 12.6. The van der Waals surface area contributed by atoms with Crippen LogP contribution >= 0.6 is 0 Å². The van der Waals surface area contributed by atoms with Gasteiger partial charge in [0.05, 0.1) is 5.54 Å². The van der Waals surface area contributed by atoms with E-state index in [9.17, 15) is 4.79 Å². The van der Waals surface area contributed by atoms with Gasteiger partial charge in [-0.3, -0.25) is 4.79 Å². The maximum absolute atomic E-state index is 11.8. The third-order valence-corrected chi connectivity index (χ3v) is 3.48. The molecule has 6 heteroatoms. The maximum atomic E-state index is 11.8. The molecule has 0 aliphatic carbocycles. The molecule has 0 unspecified atom stereocenters. The fraction of sp³-hybridized carbons (Fsp3) is 0.579. The molecule has 0 spiro atoms. The van der Waals surface area contributed by atoms with Gasteiger partial charge < -0.3 is 4.74 Å². The minimum atomic E-state index is -0.432. The van der Waals surface area contributed by atoms with Gasteiger partial charge in [-0.2, -0.15) is 4.80 Å². The number of carbonyl (C=O) groups is 1. The minimum Gasteiger partial charge on any atom is -0.460 e. The van der Waals surface area contributed by atoms with Crippen molar-refractivity contribution in [1.29, 1.82) is 0 Å². The van der Waals surface area contributed by atoms with Crippen molar-refractivity contribution in [1.82, 2.24) is 20.2 Å². The lowest BCUT2D eigenvalue weighted by Gasteiger charge is -2.19. The predicted octanol–water partition coefficient (Wildman–Crippen LogP) is 3.29. The predicted molar refractivity (Wildman–Crippen MR) is 96.2 cm³/mol. The smallest absolute Gasteiger partial charge is 0.306 e. The van der Waals surface area contributed by atoms with Crippen molar-refractivity contribution in [3.63, 3.8) is 0 Å². The highest BCUT2D eigenvalue weighted by Gasteiger charge is 2.17. The zero-order chi connectivity index (χ0) is 18.7. The Morgan fingerprint density at radius 2 is 1.64 bits per heavy atom. The maximum Gasteiger partial charge on any atom is 0.306 e. The fourth-order valence-electron chi connectivity index (χ4n) is 2.24. The van der Waals surface area contributed by atoms with Crippen LogP contribution in [0.15, 0.2) is 24.3 Å². The van der Waals surface area contributed by atoms with Crippen LogP contribution in [-0.4, -0.2) is 31.8 Å². The summed E-state index contributed by atoms with van der Waals surface area (Å²) >= 11 is 0. The summed E-state index contributed by atoms with van der Waals surface area (Å²) in [7, 11) is 0. The number of aromatic nitrogens is 4. The number of rotatable bonds is 5. The van der Waals surface area contributed by atoms with E-state index in [1.807, 2.05) is 65.8 Å². The van der Waals surface area contributed by atoms with E-state index in [0.717, 1.165) is 11.1 Å². The van der Waals surface area contributed by atoms with Gasteiger partial charge in [-0.25, -0.2) is 0 Å². The number of nitrogens with zero attached hydrogens (tertiary/aromatic N) is 4. The Hall–Kier alpha value is -2.24. The SMILES string of the molecule is CC(C)(C)OC(=O)CCc1ccc(Cc2nnn(C(C)(C)C)n2)cc1. The topological polar surface area (TPSA) is 69.9 Å². The van der Waals surface area contributed by atoms with E-state index in [4.69, 9.17) is 4.74 Å². The molecule has 1 aromatic carbocycles. The molecular formula is C19H28N4O2. The summed E-state index contributed by atoms with van der Waals surface area (Å²) in [4.78, 5) is 13.4. The largest absolute Gasteiger partial charge is 0.460 e. The van der Waals surface area contributed by atoms with Crippen molar-refractivity contribution in [2.45, 2.75) is 71.9 Å². The summed E-state index contributed by atoms with van der Waals surface area (Å²) in [6.07, 6.45) is 1.70. The Labute approximate surface area is 149 Å². The van der Waals surface area contributed by atoms with Crippen molar-refractivity contribution >= 4 is 5.97 Å². The van der Waals surface area contributed by atoms with Crippen LogP contribution in [0.4, 0.5) is 0 Å². The lowest BCUT2D eigenvalue weighted by atomic mass is 10.1. The van der Waals surface area contributed by atoms with Gasteiger partial charge in [-0.05, 0) is 64.3 Å². The fourth-order valence-corrected chi connectivity index (χ4v) is 2.24. The minimum absolute atomic E-state index is 0.167. The molecule has 2 aromatic rings. The van der Waals surface area contributed by atoms with Gasteiger partial charge in [-0.15, -0.1) is 10.2 Å². The number of aryl methyl sites for hydroxylation is 1. The Morgan fingerprint density at radius 1 is 1.04 bits per heavy atom. The van der Waals surface area contributed by atoms with Crippen molar-refractivity contribution in [3.8, 4) is 0 Å². The summed E-state index contributed by atoms with van der Waals surface area (Å²) in [6, 6.07) is 8.16. The molecule has 0 atom stereocenters. The van der Waals surface area contributed by atoms with Crippen LogP contribution < -0.4 is 0 Å². The number of esters is 1. The monoisotopic (exact) mass is 344 g/mol. The number of hydrogen-bond donors (Lipinski definition) is 0. The molecule has 25 heavy (non-hydrogen) atoms. The summed E-state index contributed by atoms with van der Waals surface area (Å²) in [5.41, 5.74) is 1.63. The summed E-state index contributed by atoms with van der Waals surface area (Å²) in [6.45, 7) is 11.8. The molecule has 0 amide bonds. The van der Waals surface area contributed by atoms with Crippen LogP contribution in [-0.2, 0) is 27.9 Å². The van der Waals surface area contributed by atoms with Crippen LogP contribution in [0.25, 0.3) is 0 Å². The molecule has 0 fully saturated rings. The molecule has 0 radical (unpaired) electrons. The lowest BCUT2D eigenvalue weighted by Crippen LogP contribution is -2.24. The molecule has 0 saturated carbocycles. The molecule has 6 nitrogen and oxygen atoms in total. The second-order valence-corrected chi connectivity index (χ2v) is 8.25. The second kappa shape index (κ2) is 7.33. The second-order valence-electron chi connectivity index (χ2n) is 8.25. The van der Waals surface area contributed by atoms with Gasteiger partial charge in [0.25, 0.3) is 0 Å². The van der Waals surface area contributed by atoms with Gasteiger partial charge in [0.2, 0.25) is 0 Å². The van der Waals surface area contributed by atoms with Crippen molar-refractivity contribution in [3.05, 3.63) is 41.2 Å². The standard InChI is InChI=1S/C19H28N4O2/c1-18(2,3)23-21-16(20-22-23)13-15-9-7-14(8-10-15)11-12-17(24)25-19(4,5)6/h7-10H,11-13H2,1-6H3. The van der Waals surface area contributed by atoms with Crippen LogP contribution in [0.2, 0.25) is 0 Å². The zero-order valence-corrected chi connectivity index (χ0v) is 16.0. The molecule has 136 valence electrons. The quantitative estimate of drug-likeness (QED) is 0.779. The summed E-state index contributed by atoms with van der Waals surface area (Å²) in [5.74, 6) is 0.538. The molecule has 1 aromatic heterocycles. The Bertz CT molecular complexity index is 706. The van der Waals surface area contributed by atoms with E-state index in [1.54, 1.807) is 4.80 Å². The van der Waals surface area contributed by atoms with Crippen molar-refractivity contribution < 1.29 is 9.53 Å². The molecular weight excluding hydrogens is 316 g/mol. The molecule has 0 saturated heterocycles. The van der Waals surface area contributed by atoms with Gasteiger partial charge in [-0.1, -0.05) is 24.3 Å². The van der Waals surface area contributed by atoms with E-state index < -0.39 is 5.60 Å². The van der Waals surface area contributed by atoms with Gasteiger partial charge in [0.15, 0.2) is 5.82 Å². The van der Waals surface area contributed by atoms with Crippen LogP contribution in [0.5, 0.6) is 0 Å². The normalized spacial score (nSPS) is 12.2. The van der Waals surface area contributed by atoms with E-state index in [0.29, 0.717) is 25.1 Å². The number of ether oxygens (including phenoxy) is 1. The van der Waals surface area contributed by atoms with E-state index in [2.05, 4.69) is 15.4 Å². The number of benzene rings is 1. The first-order valence-corrected chi connectivity index (χ1v) is 8.62. The molecule has 0 bridgehead atoms. The first-order valence-electron chi connectivity index (χ1n) is 8.62. The highest BCUT2D eigenvalue weighted by atomic mass is 16.6. The van der Waals surface area contributed by atoms with Crippen LogP contribution in [0.3, 0.4) is 0 Å². The average Bonchev–Trinajstić information content (AvgIpc) is 2.93. The van der Waals surface area contributed by atoms with Crippen molar-refractivity contribution in [2.75, 3.05) is 0 Å². The van der Waals surface area contributed by atoms with Gasteiger partial charge in [0.1, 0.15) is 5.60 Å². The molecule has 1 heterocycles. The number of hydrogen-bond acceptors (Lipinski definition) is 5. The zero-order valence-electron chi connectivity index (χ0n) is 16.0. The molecule has 2 rings (SSSR count). The number of tetrazole rings is 1. The first-order chi connectivity index (χ1) is 11.5. The summed E-state index contributed by atoms with van der Waals surface area (Å²) < 4.78 is 5.33. The lowest BCUT2D eigenvalue weighted by molar-refractivity contribution is -0.154. The highest BCUT2D eigenvalue weighted by molar-refractivity contribution is 5.70. The third kappa shape index (κ3) is 6.29. The third-order valence-electron chi connectivity index (χ3n) is 3.48. The number of carbonyl (C=O) groups excluding carboxylic acids is 1. The first kappa shape index (κ1) is 19.1. The van der Waals surface area contributed by atoms with E-state index in [1.165, 1.54) is 0 Å². The van der Waals surface area contributed by atoms with Crippen LogP contribution in [0, 0.1) is 0 Å². The average molecular weight is 344 g/mol.